The fraction of sp³-hybridized carbons (Fsp3) is 0.346. The van der Waals surface area contributed by atoms with Crippen molar-refractivity contribution in [2.75, 3.05) is 6.54 Å². The summed E-state index contributed by atoms with van der Waals surface area (Å²) in [6.45, 7) is 8.52. The number of nitrogens with one attached hydrogen (secondary N) is 2. The summed E-state index contributed by atoms with van der Waals surface area (Å²) in [5.41, 5.74) is 3.52. The number of hydrogen-bond acceptors (Lipinski definition) is 7. The molecule has 9 nitrogen and oxygen atoms in total. The fourth-order valence-corrected chi connectivity index (χ4v) is 4.32. The van der Waals surface area contributed by atoms with Crippen molar-refractivity contribution in [1.29, 1.82) is 0 Å². The third-order valence-electron chi connectivity index (χ3n) is 5.39. The Bertz CT molecular complexity index is 1320. The van der Waals surface area contributed by atoms with Crippen LogP contribution in [0.3, 0.4) is 0 Å². The second kappa shape index (κ2) is 10.9. The summed E-state index contributed by atoms with van der Waals surface area (Å²) >= 11 is 1.40. The number of amides is 2. The van der Waals surface area contributed by atoms with Crippen molar-refractivity contribution >= 4 is 34.4 Å². The van der Waals surface area contributed by atoms with Gasteiger partial charge in [-0.05, 0) is 57.0 Å². The number of carbonyl (C=O) groups excluding carboxylic acids is 2. The van der Waals surface area contributed by atoms with Gasteiger partial charge in [-0.3, -0.25) is 9.78 Å². The van der Waals surface area contributed by atoms with Crippen LogP contribution in [0.5, 0.6) is 0 Å². The number of imidazole rings is 1. The van der Waals surface area contributed by atoms with Gasteiger partial charge in [-0.25, -0.2) is 14.8 Å². The van der Waals surface area contributed by atoms with E-state index in [2.05, 4.69) is 25.3 Å². The number of pyridine rings is 1. The first-order valence-corrected chi connectivity index (χ1v) is 12.6. The minimum Gasteiger partial charge on any atom is -0.444 e. The van der Waals surface area contributed by atoms with Gasteiger partial charge >= 0.3 is 6.09 Å². The van der Waals surface area contributed by atoms with Crippen LogP contribution in [0.4, 0.5) is 4.79 Å². The molecule has 188 valence electrons. The van der Waals surface area contributed by atoms with Crippen molar-refractivity contribution in [1.82, 2.24) is 30.2 Å². The number of aromatic nitrogens is 4. The van der Waals surface area contributed by atoms with E-state index in [1.807, 2.05) is 58.0 Å². The minimum atomic E-state index is -0.622. The first-order chi connectivity index (χ1) is 17.2. The molecule has 0 unspecified atom stereocenters. The number of aryl methyl sites for hydroxylation is 1. The smallest absolute Gasteiger partial charge is 0.410 e. The van der Waals surface area contributed by atoms with E-state index in [0.717, 1.165) is 27.2 Å². The maximum absolute atomic E-state index is 12.9. The Morgan fingerprint density at radius 2 is 1.97 bits per heavy atom. The molecular weight excluding hydrogens is 476 g/mol. The number of carbonyl (C=O) groups is 2. The second-order valence-electron chi connectivity index (χ2n) is 9.46. The van der Waals surface area contributed by atoms with E-state index < -0.39 is 11.7 Å². The predicted molar refractivity (Wildman–Crippen MR) is 139 cm³/mol. The van der Waals surface area contributed by atoms with Crippen molar-refractivity contribution < 1.29 is 14.3 Å². The summed E-state index contributed by atoms with van der Waals surface area (Å²) in [4.78, 5) is 43.5. The average molecular weight is 507 g/mol. The molecule has 36 heavy (non-hydrogen) atoms. The van der Waals surface area contributed by atoms with Gasteiger partial charge in [0.15, 0.2) is 0 Å². The van der Waals surface area contributed by atoms with Crippen LogP contribution < -0.4 is 5.32 Å². The van der Waals surface area contributed by atoms with Gasteiger partial charge in [-0.15, -0.1) is 11.3 Å². The van der Waals surface area contributed by atoms with Crippen LogP contribution in [0.2, 0.25) is 0 Å². The Hall–Kier alpha value is -3.79. The van der Waals surface area contributed by atoms with Crippen LogP contribution in [-0.2, 0) is 24.2 Å². The zero-order chi connectivity index (χ0) is 25.7. The third-order valence-corrected chi connectivity index (χ3v) is 6.30. The van der Waals surface area contributed by atoms with Crippen LogP contribution in [0, 0.1) is 6.92 Å². The lowest BCUT2D eigenvalue weighted by molar-refractivity contribution is 0.0231. The van der Waals surface area contributed by atoms with Crippen molar-refractivity contribution in [3.8, 4) is 0 Å². The molecule has 0 atom stereocenters. The molecule has 4 rings (SSSR count). The lowest BCUT2D eigenvalue weighted by Crippen LogP contribution is -2.38. The van der Waals surface area contributed by atoms with Gasteiger partial charge in [-0.2, -0.15) is 0 Å². The maximum atomic E-state index is 12.9. The van der Waals surface area contributed by atoms with Crippen LogP contribution in [0.1, 0.15) is 53.2 Å². The monoisotopic (exact) mass is 506 g/mol. The number of fused-ring (bicyclic) bond motifs is 1. The van der Waals surface area contributed by atoms with E-state index in [1.165, 1.54) is 11.3 Å². The lowest BCUT2D eigenvalue weighted by Gasteiger charge is -2.26. The largest absolute Gasteiger partial charge is 0.444 e. The van der Waals surface area contributed by atoms with E-state index in [1.54, 1.807) is 22.7 Å². The third kappa shape index (κ3) is 6.66. The standard InChI is InChI=1S/C26H30N6O3S/c1-17-13-27-11-9-18(17)14-28-24(33)21-16-36-23(31-21)10-12-32(25(34)35-26(2,3)4)15-22-29-19-7-5-6-8-20(19)30-22/h5-9,11,13,16H,10,12,14-15H2,1-4H3,(H,28,33)(H,29,30). The average Bonchev–Trinajstić information content (AvgIpc) is 3.46. The Labute approximate surface area is 213 Å². The van der Waals surface area contributed by atoms with Gasteiger partial charge < -0.3 is 19.9 Å². The highest BCUT2D eigenvalue weighted by Gasteiger charge is 2.24. The number of hydrogen-bond donors (Lipinski definition) is 2. The number of H-pyrrole nitrogens is 1. The maximum Gasteiger partial charge on any atom is 0.410 e. The molecule has 0 aliphatic heterocycles. The molecule has 3 aromatic heterocycles. The van der Waals surface area contributed by atoms with Crippen molar-refractivity contribution in [3.05, 3.63) is 75.8 Å². The summed E-state index contributed by atoms with van der Waals surface area (Å²) in [5.74, 6) is 0.438. The summed E-state index contributed by atoms with van der Waals surface area (Å²) in [7, 11) is 0. The van der Waals surface area contributed by atoms with E-state index >= 15 is 0 Å². The molecule has 4 aromatic rings. The molecule has 0 radical (unpaired) electrons. The molecule has 1 aromatic carbocycles. The topological polar surface area (TPSA) is 113 Å². The molecule has 0 fully saturated rings. The van der Waals surface area contributed by atoms with E-state index in [9.17, 15) is 9.59 Å². The van der Waals surface area contributed by atoms with Crippen LogP contribution in [-0.4, -0.2) is 49.0 Å². The highest BCUT2D eigenvalue weighted by molar-refractivity contribution is 7.09. The lowest BCUT2D eigenvalue weighted by atomic mass is 10.1. The van der Waals surface area contributed by atoms with E-state index in [0.29, 0.717) is 31.0 Å². The SMILES string of the molecule is Cc1cnccc1CNC(=O)c1csc(CCN(Cc2nc3ccccc3[nH]2)C(=O)OC(C)(C)C)n1. The summed E-state index contributed by atoms with van der Waals surface area (Å²) in [6.07, 6.45) is 3.53. The quantitative estimate of drug-likeness (QED) is 0.360. The minimum absolute atomic E-state index is 0.236. The van der Waals surface area contributed by atoms with Crippen LogP contribution in [0.15, 0.2) is 48.1 Å². The van der Waals surface area contributed by atoms with Crippen molar-refractivity contribution in [3.63, 3.8) is 0 Å². The molecule has 0 saturated heterocycles. The molecule has 0 aliphatic carbocycles. The highest BCUT2D eigenvalue weighted by atomic mass is 32.1. The Kier molecular flexibility index (Phi) is 7.64. The molecular formula is C26H30N6O3S. The number of thiazole rings is 1. The zero-order valence-corrected chi connectivity index (χ0v) is 21.7. The first kappa shape index (κ1) is 25.3. The van der Waals surface area contributed by atoms with Gasteiger partial charge in [0.25, 0.3) is 5.91 Å². The molecule has 0 spiro atoms. The Morgan fingerprint density at radius 1 is 1.17 bits per heavy atom. The van der Waals surface area contributed by atoms with Gasteiger partial charge in [-0.1, -0.05) is 12.1 Å². The normalized spacial score (nSPS) is 11.4. The molecule has 0 saturated carbocycles. The van der Waals surface area contributed by atoms with Gasteiger partial charge in [0.05, 0.1) is 22.6 Å². The predicted octanol–water partition coefficient (Wildman–Crippen LogP) is 4.63. The van der Waals surface area contributed by atoms with Crippen molar-refractivity contribution in [2.24, 2.45) is 0 Å². The number of para-hydroxylation sites is 2. The van der Waals surface area contributed by atoms with E-state index in [-0.39, 0.29) is 12.5 Å². The summed E-state index contributed by atoms with van der Waals surface area (Å²) in [6, 6.07) is 9.61. The Morgan fingerprint density at radius 3 is 2.72 bits per heavy atom. The number of nitrogens with zero attached hydrogens (tertiary/aromatic N) is 4. The van der Waals surface area contributed by atoms with Crippen LogP contribution >= 0.6 is 11.3 Å². The summed E-state index contributed by atoms with van der Waals surface area (Å²) < 4.78 is 5.62. The van der Waals surface area contributed by atoms with E-state index in [4.69, 9.17) is 4.74 Å². The molecule has 0 bridgehead atoms. The summed E-state index contributed by atoms with van der Waals surface area (Å²) in [5, 5.41) is 5.40. The number of ether oxygens (including phenoxy) is 1. The first-order valence-electron chi connectivity index (χ1n) is 11.7. The molecule has 0 aliphatic rings. The van der Waals surface area contributed by atoms with Crippen LogP contribution in [0.25, 0.3) is 11.0 Å². The van der Waals surface area contributed by atoms with Gasteiger partial charge in [0.2, 0.25) is 0 Å². The second-order valence-corrected chi connectivity index (χ2v) is 10.4. The van der Waals surface area contributed by atoms with Crippen molar-refractivity contribution in [2.45, 2.75) is 52.8 Å². The molecule has 2 amide bonds. The molecule has 3 heterocycles. The highest BCUT2D eigenvalue weighted by Crippen LogP contribution is 2.17. The number of benzene rings is 1. The van der Waals surface area contributed by atoms with Gasteiger partial charge in [0.1, 0.15) is 17.1 Å². The zero-order valence-electron chi connectivity index (χ0n) is 20.9. The van der Waals surface area contributed by atoms with Gasteiger partial charge in [0, 0.05) is 37.3 Å². The molecule has 10 heteroatoms. The molecule has 2 N–H and O–H groups in total. The number of rotatable bonds is 8. The Balaban J connectivity index is 1.40. The number of aromatic amines is 1. The fourth-order valence-electron chi connectivity index (χ4n) is 3.55.